The number of hydrogen-bond acceptors (Lipinski definition) is 6. The topological polar surface area (TPSA) is 85.4 Å². The maximum absolute atomic E-state index is 13.2. The van der Waals surface area contributed by atoms with E-state index in [0.717, 1.165) is 35.9 Å². The van der Waals surface area contributed by atoms with Gasteiger partial charge in [-0.1, -0.05) is 36.4 Å². The molecule has 1 saturated heterocycles. The first-order valence-corrected chi connectivity index (χ1v) is 12.1. The highest BCUT2D eigenvalue weighted by Crippen LogP contribution is 2.34. The van der Waals surface area contributed by atoms with Crippen LogP contribution in [0.25, 0.3) is 0 Å². The summed E-state index contributed by atoms with van der Waals surface area (Å²) in [5, 5.41) is -0.216. The van der Waals surface area contributed by atoms with E-state index >= 15 is 0 Å². The number of hydrogen-bond donors (Lipinski definition) is 0. The number of carbonyl (C=O) groups is 1. The van der Waals surface area contributed by atoms with E-state index in [9.17, 15) is 13.2 Å². The van der Waals surface area contributed by atoms with Crippen molar-refractivity contribution in [3.8, 4) is 0 Å². The van der Waals surface area contributed by atoms with Crippen molar-refractivity contribution in [1.29, 1.82) is 0 Å². The van der Waals surface area contributed by atoms with Crippen molar-refractivity contribution in [2.24, 2.45) is 0 Å². The average molecular weight is 457 g/mol. The average Bonchev–Trinajstić information content (AvgIpc) is 2.85. The van der Waals surface area contributed by atoms with E-state index in [1.807, 2.05) is 42.5 Å². The van der Waals surface area contributed by atoms with Crippen LogP contribution in [0.3, 0.4) is 0 Å². The smallest absolute Gasteiger partial charge is 0.414 e. The molecule has 0 bridgehead atoms. The van der Waals surface area contributed by atoms with Gasteiger partial charge < -0.3 is 14.2 Å². The van der Waals surface area contributed by atoms with Crippen LogP contribution in [0.15, 0.2) is 71.4 Å². The second-order valence-corrected chi connectivity index (χ2v) is 9.87. The van der Waals surface area contributed by atoms with E-state index in [1.165, 1.54) is 10.6 Å². The SMILES string of the molecule is O=C1OCc2ccccc2N1C1CCN(S(=O)(=O)C2=COC=C(C3=CC=CCC3)O2)CC1. The number of cyclic esters (lactones) is 1. The van der Waals surface area contributed by atoms with Crippen LogP contribution in [0.5, 0.6) is 0 Å². The van der Waals surface area contributed by atoms with E-state index in [-0.39, 0.29) is 36.9 Å². The number of ether oxygens (including phenoxy) is 3. The number of anilines is 1. The predicted octanol–water partition coefficient (Wildman–Crippen LogP) is 3.90. The molecule has 5 rings (SSSR count). The summed E-state index contributed by atoms with van der Waals surface area (Å²) in [5.41, 5.74) is 2.68. The fourth-order valence-electron chi connectivity index (χ4n) is 4.36. The van der Waals surface area contributed by atoms with E-state index in [1.54, 1.807) is 4.90 Å². The summed E-state index contributed by atoms with van der Waals surface area (Å²) in [6, 6.07) is 7.50. The lowest BCUT2D eigenvalue weighted by Crippen LogP contribution is -2.50. The summed E-state index contributed by atoms with van der Waals surface area (Å²) in [5.74, 6) is 0.415. The number of allylic oxidation sites excluding steroid dienone is 4. The minimum absolute atomic E-state index is 0.137. The van der Waals surface area contributed by atoms with Crippen molar-refractivity contribution in [2.45, 2.75) is 38.3 Å². The fourth-order valence-corrected chi connectivity index (χ4v) is 5.68. The molecule has 0 aromatic heterocycles. The van der Waals surface area contributed by atoms with Gasteiger partial charge in [0.25, 0.3) is 15.1 Å². The molecule has 3 aliphatic heterocycles. The van der Waals surface area contributed by atoms with Gasteiger partial charge in [0, 0.05) is 24.7 Å². The Bertz CT molecular complexity index is 1140. The Kier molecular flexibility index (Phi) is 5.52. The number of rotatable bonds is 4. The highest BCUT2D eigenvalue weighted by atomic mass is 32.2. The molecular formula is C23H24N2O6S. The number of sulfonamides is 1. The van der Waals surface area contributed by atoms with Gasteiger partial charge >= 0.3 is 6.09 Å². The first kappa shape index (κ1) is 20.8. The van der Waals surface area contributed by atoms with E-state index in [4.69, 9.17) is 14.2 Å². The molecule has 1 aromatic rings. The zero-order chi connectivity index (χ0) is 22.1. The molecule has 1 fully saturated rings. The molecule has 1 aliphatic carbocycles. The number of benzene rings is 1. The van der Waals surface area contributed by atoms with Crippen LogP contribution >= 0.6 is 0 Å². The van der Waals surface area contributed by atoms with Crippen molar-refractivity contribution < 1.29 is 27.4 Å². The molecule has 9 heteroatoms. The summed E-state index contributed by atoms with van der Waals surface area (Å²) in [7, 11) is -3.86. The Morgan fingerprint density at radius 1 is 1.06 bits per heavy atom. The first-order chi connectivity index (χ1) is 15.5. The van der Waals surface area contributed by atoms with Crippen molar-refractivity contribution in [1.82, 2.24) is 4.31 Å². The van der Waals surface area contributed by atoms with Crippen LogP contribution in [0.1, 0.15) is 31.2 Å². The summed E-state index contributed by atoms with van der Waals surface area (Å²) in [6.07, 6.45) is 10.6. The zero-order valence-electron chi connectivity index (χ0n) is 17.5. The van der Waals surface area contributed by atoms with Gasteiger partial charge in [0.15, 0.2) is 5.76 Å². The monoisotopic (exact) mass is 456 g/mol. The van der Waals surface area contributed by atoms with Crippen LogP contribution in [-0.2, 0) is 30.8 Å². The lowest BCUT2D eigenvalue weighted by Gasteiger charge is -2.39. The van der Waals surface area contributed by atoms with Crippen molar-refractivity contribution in [3.63, 3.8) is 0 Å². The number of amides is 1. The van der Waals surface area contributed by atoms with Gasteiger partial charge in [0.1, 0.15) is 19.1 Å². The lowest BCUT2D eigenvalue weighted by atomic mass is 10.0. The molecule has 8 nitrogen and oxygen atoms in total. The van der Waals surface area contributed by atoms with Crippen LogP contribution in [0.4, 0.5) is 10.5 Å². The second-order valence-electron chi connectivity index (χ2n) is 8.00. The first-order valence-electron chi connectivity index (χ1n) is 10.7. The molecule has 0 radical (unpaired) electrons. The second kappa shape index (κ2) is 8.48. The van der Waals surface area contributed by atoms with E-state index in [2.05, 4.69) is 0 Å². The van der Waals surface area contributed by atoms with Gasteiger partial charge in [0.2, 0.25) is 0 Å². The maximum Gasteiger partial charge on any atom is 0.414 e. The highest BCUT2D eigenvalue weighted by Gasteiger charge is 2.39. The van der Waals surface area contributed by atoms with Crippen LogP contribution in [0.2, 0.25) is 0 Å². The largest absolute Gasteiger partial charge is 0.464 e. The lowest BCUT2D eigenvalue weighted by molar-refractivity contribution is 0.135. The minimum Gasteiger partial charge on any atom is -0.464 e. The summed E-state index contributed by atoms with van der Waals surface area (Å²) >= 11 is 0. The fraction of sp³-hybridized carbons (Fsp3) is 0.348. The summed E-state index contributed by atoms with van der Waals surface area (Å²) < 4.78 is 44.1. The third kappa shape index (κ3) is 3.82. The highest BCUT2D eigenvalue weighted by molar-refractivity contribution is 7.92. The van der Waals surface area contributed by atoms with Crippen molar-refractivity contribution >= 4 is 21.8 Å². The predicted molar refractivity (Wildman–Crippen MR) is 117 cm³/mol. The van der Waals surface area contributed by atoms with Gasteiger partial charge in [-0.25, -0.2) is 13.2 Å². The number of fused-ring (bicyclic) bond motifs is 1. The zero-order valence-corrected chi connectivity index (χ0v) is 18.3. The Labute approximate surface area is 187 Å². The molecule has 1 aromatic carbocycles. The van der Waals surface area contributed by atoms with Crippen molar-refractivity contribution in [2.75, 3.05) is 18.0 Å². The molecule has 0 unspecified atom stereocenters. The molecular weight excluding hydrogens is 432 g/mol. The third-order valence-corrected chi connectivity index (χ3v) is 7.79. The maximum atomic E-state index is 13.2. The molecule has 168 valence electrons. The van der Waals surface area contributed by atoms with Gasteiger partial charge in [-0.2, -0.15) is 4.31 Å². The third-order valence-electron chi connectivity index (χ3n) is 6.06. The van der Waals surface area contributed by atoms with Gasteiger partial charge in [-0.15, -0.1) is 0 Å². The van der Waals surface area contributed by atoms with Crippen LogP contribution in [0, 0.1) is 0 Å². The Morgan fingerprint density at radius 3 is 2.66 bits per heavy atom. The Morgan fingerprint density at radius 2 is 1.88 bits per heavy atom. The van der Waals surface area contributed by atoms with Crippen molar-refractivity contribution in [3.05, 3.63) is 77.0 Å². The minimum atomic E-state index is -3.86. The van der Waals surface area contributed by atoms with Crippen LogP contribution in [-0.4, -0.2) is 37.9 Å². The number of carbonyl (C=O) groups excluding carboxylic acids is 1. The molecule has 0 atom stereocenters. The molecule has 0 spiro atoms. The number of piperidine rings is 1. The van der Waals surface area contributed by atoms with Gasteiger partial charge in [0.05, 0.1) is 5.69 Å². The molecule has 1 amide bonds. The summed E-state index contributed by atoms with van der Waals surface area (Å²) in [6.45, 7) is 0.792. The quantitative estimate of drug-likeness (QED) is 0.683. The Hall–Kier alpha value is -3.04. The number of nitrogens with zero attached hydrogens (tertiary/aromatic N) is 2. The molecule has 0 N–H and O–H groups in total. The molecule has 32 heavy (non-hydrogen) atoms. The van der Waals surface area contributed by atoms with Gasteiger partial charge in [-0.05, 0) is 37.3 Å². The number of para-hydroxylation sites is 1. The van der Waals surface area contributed by atoms with E-state index < -0.39 is 10.0 Å². The van der Waals surface area contributed by atoms with Gasteiger partial charge in [-0.3, -0.25) is 4.90 Å². The normalized spacial score (nSPS) is 22.1. The van der Waals surface area contributed by atoms with E-state index in [0.29, 0.717) is 18.6 Å². The van der Waals surface area contributed by atoms with Crippen LogP contribution < -0.4 is 4.90 Å². The molecule has 4 aliphatic rings. The molecule has 3 heterocycles. The summed E-state index contributed by atoms with van der Waals surface area (Å²) in [4.78, 5) is 14.1. The molecule has 0 saturated carbocycles. The standard InChI is InChI=1S/C23H24N2O6S/c26-23-25(20-9-5-4-8-18(20)14-30-23)19-10-12-24(13-11-19)32(27,28)22-16-29-15-21(31-22)17-6-2-1-3-7-17/h1-2,4-6,8-9,15-16,19H,3,7,10-14H2. The Balaban J connectivity index is 1.27.